The topological polar surface area (TPSA) is 57.5 Å². The lowest BCUT2D eigenvalue weighted by molar-refractivity contribution is -0.137. The zero-order chi connectivity index (χ0) is 19.4. The van der Waals surface area contributed by atoms with E-state index in [1.54, 1.807) is 5.57 Å². The van der Waals surface area contributed by atoms with Crippen LogP contribution in [0.1, 0.15) is 85.0 Å². The molecule has 152 valence electrons. The maximum absolute atomic E-state index is 11.0. The van der Waals surface area contributed by atoms with Gasteiger partial charge < -0.3 is 10.2 Å². The molecule has 4 unspecified atom stereocenters. The standard InChI is InChI=1S/C24H38O3/c1-15(4-9-22(26)27)19-7-8-20-18-6-5-16-14-17(25)10-12-23(16,2)21(18)11-13-24(19,20)3/h5,15,17-21,25H,4,6-14H2,1-3H3,(H,26,27)/t15-,17+,18?,19?,20?,21?,23+,24-/m1/s1. The van der Waals surface area contributed by atoms with Crippen molar-refractivity contribution in [2.75, 3.05) is 0 Å². The van der Waals surface area contributed by atoms with Crippen LogP contribution >= 0.6 is 0 Å². The Labute approximate surface area is 164 Å². The number of aliphatic carboxylic acids is 1. The van der Waals surface area contributed by atoms with Crippen LogP contribution < -0.4 is 0 Å². The molecule has 0 heterocycles. The van der Waals surface area contributed by atoms with Crippen LogP contribution in [0.15, 0.2) is 11.6 Å². The fourth-order valence-electron chi connectivity index (χ4n) is 8.17. The smallest absolute Gasteiger partial charge is 0.303 e. The van der Waals surface area contributed by atoms with Gasteiger partial charge in [0.1, 0.15) is 0 Å². The molecule has 0 aromatic rings. The van der Waals surface area contributed by atoms with Gasteiger partial charge in [-0.15, -0.1) is 0 Å². The molecule has 3 saturated carbocycles. The number of hydrogen-bond donors (Lipinski definition) is 2. The van der Waals surface area contributed by atoms with Crippen LogP contribution in [0.3, 0.4) is 0 Å². The molecule has 0 aromatic heterocycles. The largest absolute Gasteiger partial charge is 0.481 e. The van der Waals surface area contributed by atoms with E-state index < -0.39 is 5.97 Å². The summed E-state index contributed by atoms with van der Waals surface area (Å²) in [6.45, 7) is 7.33. The first-order chi connectivity index (χ1) is 12.8. The minimum atomic E-state index is -0.650. The van der Waals surface area contributed by atoms with Crippen molar-refractivity contribution >= 4 is 5.97 Å². The summed E-state index contributed by atoms with van der Waals surface area (Å²) in [5.41, 5.74) is 2.27. The number of fused-ring (bicyclic) bond motifs is 5. The van der Waals surface area contributed by atoms with Gasteiger partial charge in [0.05, 0.1) is 6.10 Å². The minimum Gasteiger partial charge on any atom is -0.481 e. The van der Waals surface area contributed by atoms with Crippen molar-refractivity contribution < 1.29 is 15.0 Å². The molecule has 0 bridgehead atoms. The highest BCUT2D eigenvalue weighted by atomic mass is 16.4. The second kappa shape index (κ2) is 6.90. The van der Waals surface area contributed by atoms with Gasteiger partial charge in [0.25, 0.3) is 0 Å². The van der Waals surface area contributed by atoms with Gasteiger partial charge in [0.15, 0.2) is 0 Å². The monoisotopic (exact) mass is 374 g/mol. The Balaban J connectivity index is 1.54. The van der Waals surface area contributed by atoms with E-state index in [-0.39, 0.29) is 6.10 Å². The van der Waals surface area contributed by atoms with Crippen molar-refractivity contribution in [1.29, 1.82) is 0 Å². The molecule has 0 aliphatic heterocycles. The van der Waals surface area contributed by atoms with Gasteiger partial charge in [-0.1, -0.05) is 32.4 Å². The fraction of sp³-hybridized carbons (Fsp3) is 0.875. The minimum absolute atomic E-state index is 0.124. The summed E-state index contributed by atoms with van der Waals surface area (Å²) in [6, 6.07) is 0. The van der Waals surface area contributed by atoms with E-state index >= 15 is 0 Å². The number of carbonyl (C=O) groups is 1. The van der Waals surface area contributed by atoms with E-state index in [0.717, 1.165) is 43.4 Å². The Morgan fingerprint density at radius 3 is 2.70 bits per heavy atom. The first-order valence-electron chi connectivity index (χ1n) is 11.3. The summed E-state index contributed by atoms with van der Waals surface area (Å²) in [5.74, 6) is 2.94. The van der Waals surface area contributed by atoms with E-state index in [0.29, 0.717) is 29.1 Å². The number of carboxylic acid groups (broad SMARTS) is 1. The average Bonchev–Trinajstić information content (AvgIpc) is 2.97. The molecule has 4 aliphatic rings. The Kier molecular flexibility index (Phi) is 4.98. The summed E-state index contributed by atoms with van der Waals surface area (Å²) in [5, 5.41) is 19.2. The molecular weight excluding hydrogens is 336 g/mol. The van der Waals surface area contributed by atoms with Gasteiger partial charge >= 0.3 is 5.97 Å². The van der Waals surface area contributed by atoms with Crippen molar-refractivity contribution in [2.45, 2.75) is 91.1 Å². The van der Waals surface area contributed by atoms with Crippen LogP contribution in [-0.2, 0) is 4.79 Å². The van der Waals surface area contributed by atoms with Gasteiger partial charge in [-0.05, 0) is 98.2 Å². The van der Waals surface area contributed by atoms with Gasteiger partial charge in [0, 0.05) is 6.42 Å². The van der Waals surface area contributed by atoms with Crippen molar-refractivity contribution in [3.05, 3.63) is 11.6 Å². The van der Waals surface area contributed by atoms with Crippen molar-refractivity contribution in [3.63, 3.8) is 0 Å². The SMILES string of the molecule is C[C@H](CCC(=O)O)C1CCC2C3CC=C4C[C@@H](O)CC[C@]4(C)C3CC[C@@]21C. The Bertz CT molecular complexity index is 625. The molecule has 2 N–H and O–H groups in total. The maximum Gasteiger partial charge on any atom is 0.303 e. The quantitative estimate of drug-likeness (QED) is 0.645. The number of carboxylic acids is 1. The van der Waals surface area contributed by atoms with Crippen LogP contribution in [0.2, 0.25) is 0 Å². The summed E-state index contributed by atoms with van der Waals surface area (Å²) in [7, 11) is 0. The Morgan fingerprint density at radius 1 is 1.19 bits per heavy atom. The predicted molar refractivity (Wildman–Crippen MR) is 107 cm³/mol. The molecule has 8 atom stereocenters. The third kappa shape index (κ3) is 3.09. The number of allylic oxidation sites excluding steroid dienone is 1. The second-order valence-electron chi connectivity index (χ2n) is 10.8. The van der Waals surface area contributed by atoms with Gasteiger partial charge in [-0.2, -0.15) is 0 Å². The average molecular weight is 375 g/mol. The number of hydrogen-bond acceptors (Lipinski definition) is 2. The molecule has 27 heavy (non-hydrogen) atoms. The molecule has 3 fully saturated rings. The van der Waals surface area contributed by atoms with Gasteiger partial charge in [0.2, 0.25) is 0 Å². The molecule has 4 rings (SSSR count). The second-order valence-corrected chi connectivity index (χ2v) is 10.8. The first-order valence-corrected chi connectivity index (χ1v) is 11.3. The maximum atomic E-state index is 11.0. The van der Waals surface area contributed by atoms with E-state index in [1.165, 1.54) is 32.1 Å². The fourth-order valence-corrected chi connectivity index (χ4v) is 8.17. The lowest BCUT2D eigenvalue weighted by Crippen LogP contribution is -2.50. The van der Waals surface area contributed by atoms with E-state index in [1.807, 2.05) is 0 Å². The molecule has 0 amide bonds. The molecule has 0 saturated heterocycles. The van der Waals surface area contributed by atoms with Crippen LogP contribution in [0.25, 0.3) is 0 Å². The van der Waals surface area contributed by atoms with Crippen LogP contribution in [0.4, 0.5) is 0 Å². The Morgan fingerprint density at radius 2 is 1.96 bits per heavy atom. The van der Waals surface area contributed by atoms with Crippen LogP contribution in [0.5, 0.6) is 0 Å². The predicted octanol–water partition coefficient (Wildman–Crippen LogP) is 5.43. The molecule has 0 radical (unpaired) electrons. The highest BCUT2D eigenvalue weighted by molar-refractivity contribution is 5.66. The third-order valence-electron chi connectivity index (χ3n) is 9.65. The summed E-state index contributed by atoms with van der Waals surface area (Å²) in [4.78, 5) is 11.0. The molecule has 3 nitrogen and oxygen atoms in total. The summed E-state index contributed by atoms with van der Waals surface area (Å²) in [6.07, 6.45) is 13.0. The third-order valence-corrected chi connectivity index (χ3v) is 9.65. The van der Waals surface area contributed by atoms with Crippen molar-refractivity contribution in [2.24, 2.45) is 40.4 Å². The molecular formula is C24H38O3. The van der Waals surface area contributed by atoms with Gasteiger partial charge in [-0.25, -0.2) is 0 Å². The zero-order valence-corrected chi connectivity index (χ0v) is 17.4. The zero-order valence-electron chi connectivity index (χ0n) is 17.4. The molecule has 0 spiro atoms. The number of aliphatic hydroxyl groups excluding tert-OH is 1. The van der Waals surface area contributed by atoms with Crippen molar-refractivity contribution in [1.82, 2.24) is 0 Å². The highest BCUT2D eigenvalue weighted by Crippen LogP contribution is 2.67. The number of aliphatic hydroxyl groups is 1. The highest BCUT2D eigenvalue weighted by Gasteiger charge is 2.59. The van der Waals surface area contributed by atoms with Crippen LogP contribution in [0, 0.1) is 40.4 Å². The molecule has 0 aromatic carbocycles. The Hall–Kier alpha value is -0.830. The van der Waals surface area contributed by atoms with E-state index in [2.05, 4.69) is 26.8 Å². The lowest BCUT2D eigenvalue weighted by Gasteiger charge is -2.58. The van der Waals surface area contributed by atoms with Crippen LogP contribution in [-0.4, -0.2) is 22.3 Å². The number of rotatable bonds is 4. The normalized spacial score (nSPS) is 47.4. The molecule has 4 aliphatic carbocycles. The first kappa shape index (κ1) is 19.5. The van der Waals surface area contributed by atoms with Gasteiger partial charge in [-0.3, -0.25) is 4.79 Å². The summed E-state index contributed by atoms with van der Waals surface area (Å²) >= 11 is 0. The lowest BCUT2D eigenvalue weighted by atomic mass is 9.47. The van der Waals surface area contributed by atoms with Crippen molar-refractivity contribution in [3.8, 4) is 0 Å². The summed E-state index contributed by atoms with van der Waals surface area (Å²) < 4.78 is 0. The molecule has 3 heteroatoms. The van der Waals surface area contributed by atoms with E-state index in [9.17, 15) is 9.90 Å². The van der Waals surface area contributed by atoms with E-state index in [4.69, 9.17) is 5.11 Å².